The van der Waals surface area contributed by atoms with Crippen LogP contribution in [-0.2, 0) is 9.53 Å². The van der Waals surface area contributed by atoms with Crippen molar-refractivity contribution in [3.63, 3.8) is 0 Å². The van der Waals surface area contributed by atoms with Gasteiger partial charge in [-0.15, -0.1) is 5.10 Å². The molecule has 2 rings (SSSR count). The molecule has 88 valence electrons. The number of hydrogen-bond acceptors (Lipinski definition) is 4. The zero-order valence-electron chi connectivity index (χ0n) is 9.75. The SMILES string of the molecule is CCOC(=O)/C=C\n1nnc2ccc(C)cc21. The Morgan fingerprint density at radius 3 is 3.12 bits per heavy atom. The van der Waals surface area contributed by atoms with Crippen molar-refractivity contribution in [2.24, 2.45) is 0 Å². The molecule has 0 bridgehead atoms. The monoisotopic (exact) mass is 231 g/mol. The standard InChI is InChI=1S/C12H13N3O2/c1-3-17-12(16)6-7-15-11-8-9(2)4-5-10(11)13-14-15/h4-8H,3H2,1-2H3/b7-6-. The molecule has 5 heteroatoms. The first kappa shape index (κ1) is 11.3. The number of fused-ring (bicyclic) bond motifs is 1. The molecular weight excluding hydrogens is 218 g/mol. The average molecular weight is 231 g/mol. The van der Waals surface area contributed by atoms with Crippen molar-refractivity contribution < 1.29 is 9.53 Å². The molecule has 0 spiro atoms. The van der Waals surface area contributed by atoms with Gasteiger partial charge in [-0.25, -0.2) is 9.48 Å². The Kier molecular flexibility index (Phi) is 3.18. The van der Waals surface area contributed by atoms with Gasteiger partial charge in [-0.05, 0) is 31.5 Å². The Balaban J connectivity index is 2.30. The molecule has 0 saturated carbocycles. The highest BCUT2D eigenvalue weighted by Gasteiger charge is 2.02. The third-order valence-electron chi connectivity index (χ3n) is 2.26. The number of esters is 1. The summed E-state index contributed by atoms with van der Waals surface area (Å²) in [5.41, 5.74) is 2.78. The van der Waals surface area contributed by atoms with Crippen LogP contribution in [0.5, 0.6) is 0 Å². The van der Waals surface area contributed by atoms with E-state index in [-0.39, 0.29) is 5.97 Å². The topological polar surface area (TPSA) is 57.0 Å². The van der Waals surface area contributed by atoms with E-state index >= 15 is 0 Å². The Hall–Kier alpha value is -2.17. The summed E-state index contributed by atoms with van der Waals surface area (Å²) in [5, 5.41) is 7.93. The maximum absolute atomic E-state index is 11.2. The molecule has 1 aromatic carbocycles. The van der Waals surface area contributed by atoms with Crippen LogP contribution in [0.4, 0.5) is 0 Å². The van der Waals surface area contributed by atoms with Crippen molar-refractivity contribution in [2.45, 2.75) is 13.8 Å². The fourth-order valence-electron chi connectivity index (χ4n) is 1.48. The molecule has 0 fully saturated rings. The first-order valence-corrected chi connectivity index (χ1v) is 5.37. The van der Waals surface area contributed by atoms with Crippen LogP contribution in [0.1, 0.15) is 12.5 Å². The normalized spacial score (nSPS) is 11.2. The van der Waals surface area contributed by atoms with E-state index in [1.807, 2.05) is 25.1 Å². The summed E-state index contributed by atoms with van der Waals surface area (Å²) in [6.45, 7) is 4.12. The van der Waals surface area contributed by atoms with Gasteiger partial charge in [0.15, 0.2) is 0 Å². The molecule has 0 aliphatic heterocycles. The van der Waals surface area contributed by atoms with Crippen molar-refractivity contribution in [3.05, 3.63) is 29.8 Å². The van der Waals surface area contributed by atoms with Crippen LogP contribution in [0.2, 0.25) is 0 Å². The summed E-state index contributed by atoms with van der Waals surface area (Å²) in [5.74, 6) is -0.385. The van der Waals surface area contributed by atoms with Crippen molar-refractivity contribution in [2.75, 3.05) is 6.61 Å². The van der Waals surface area contributed by atoms with Gasteiger partial charge in [0, 0.05) is 12.3 Å². The Bertz CT molecular complexity index is 572. The lowest BCUT2D eigenvalue weighted by molar-refractivity contribution is -0.137. The fourth-order valence-corrected chi connectivity index (χ4v) is 1.48. The number of rotatable bonds is 3. The van der Waals surface area contributed by atoms with Crippen LogP contribution >= 0.6 is 0 Å². The van der Waals surface area contributed by atoms with Crippen molar-refractivity contribution in [1.29, 1.82) is 0 Å². The van der Waals surface area contributed by atoms with E-state index in [1.54, 1.807) is 17.8 Å². The number of benzene rings is 1. The van der Waals surface area contributed by atoms with E-state index in [2.05, 4.69) is 10.3 Å². The lowest BCUT2D eigenvalue weighted by Crippen LogP contribution is -2.00. The molecule has 0 aliphatic rings. The summed E-state index contributed by atoms with van der Waals surface area (Å²) >= 11 is 0. The van der Waals surface area contributed by atoms with Gasteiger partial charge in [0.05, 0.1) is 12.1 Å². The highest BCUT2D eigenvalue weighted by Crippen LogP contribution is 2.12. The second kappa shape index (κ2) is 4.78. The number of carbonyl (C=O) groups excluding carboxylic acids is 1. The zero-order chi connectivity index (χ0) is 12.3. The van der Waals surface area contributed by atoms with Gasteiger partial charge >= 0.3 is 5.97 Å². The number of nitrogens with zero attached hydrogens (tertiary/aromatic N) is 3. The molecule has 0 unspecified atom stereocenters. The minimum Gasteiger partial charge on any atom is -0.463 e. The predicted octanol–water partition coefficient (Wildman–Crippen LogP) is 1.77. The van der Waals surface area contributed by atoms with Gasteiger partial charge in [0.25, 0.3) is 0 Å². The van der Waals surface area contributed by atoms with Crippen LogP contribution in [0.3, 0.4) is 0 Å². The number of aryl methyl sites for hydroxylation is 1. The lowest BCUT2D eigenvalue weighted by atomic mass is 10.2. The van der Waals surface area contributed by atoms with Gasteiger partial charge in [0.1, 0.15) is 5.52 Å². The van der Waals surface area contributed by atoms with Crippen LogP contribution < -0.4 is 0 Å². The summed E-state index contributed by atoms with van der Waals surface area (Å²) in [6, 6.07) is 5.83. The van der Waals surface area contributed by atoms with Gasteiger partial charge in [-0.1, -0.05) is 11.3 Å². The number of carbonyl (C=O) groups is 1. The number of ether oxygens (including phenoxy) is 1. The van der Waals surface area contributed by atoms with Gasteiger partial charge in [0.2, 0.25) is 0 Å². The van der Waals surface area contributed by atoms with E-state index in [1.165, 1.54) is 6.08 Å². The highest BCUT2D eigenvalue weighted by atomic mass is 16.5. The first-order valence-electron chi connectivity index (χ1n) is 5.37. The molecule has 1 aromatic heterocycles. The summed E-state index contributed by atoms with van der Waals surface area (Å²) in [7, 11) is 0. The molecule has 1 heterocycles. The smallest absolute Gasteiger partial charge is 0.332 e. The van der Waals surface area contributed by atoms with Crippen molar-refractivity contribution in [1.82, 2.24) is 15.0 Å². The van der Waals surface area contributed by atoms with E-state index < -0.39 is 0 Å². The largest absolute Gasteiger partial charge is 0.463 e. The maximum Gasteiger partial charge on any atom is 0.332 e. The molecule has 0 atom stereocenters. The second-order valence-corrected chi connectivity index (χ2v) is 3.59. The third-order valence-corrected chi connectivity index (χ3v) is 2.26. The van der Waals surface area contributed by atoms with Crippen LogP contribution in [-0.4, -0.2) is 27.6 Å². The molecule has 17 heavy (non-hydrogen) atoms. The fraction of sp³-hybridized carbons (Fsp3) is 0.250. The average Bonchev–Trinajstić information content (AvgIpc) is 2.69. The first-order chi connectivity index (χ1) is 8.20. The molecule has 2 aromatic rings. The second-order valence-electron chi connectivity index (χ2n) is 3.59. The minimum atomic E-state index is -0.385. The van der Waals surface area contributed by atoms with Crippen LogP contribution in [0.25, 0.3) is 17.2 Å². The van der Waals surface area contributed by atoms with Gasteiger partial charge in [-0.2, -0.15) is 0 Å². The molecule has 5 nitrogen and oxygen atoms in total. The van der Waals surface area contributed by atoms with Crippen LogP contribution in [0.15, 0.2) is 24.3 Å². The summed E-state index contributed by atoms with van der Waals surface area (Å²) in [4.78, 5) is 11.2. The predicted molar refractivity (Wildman–Crippen MR) is 64.2 cm³/mol. The minimum absolute atomic E-state index is 0.361. The van der Waals surface area contributed by atoms with E-state index in [0.29, 0.717) is 6.61 Å². The summed E-state index contributed by atoms with van der Waals surface area (Å²) < 4.78 is 6.34. The molecule has 0 saturated heterocycles. The van der Waals surface area contributed by atoms with Gasteiger partial charge < -0.3 is 4.74 Å². The van der Waals surface area contributed by atoms with Crippen molar-refractivity contribution >= 4 is 23.2 Å². The molecule has 0 radical (unpaired) electrons. The molecular formula is C12H13N3O2. The Labute approximate surface area is 98.7 Å². The van der Waals surface area contributed by atoms with E-state index in [9.17, 15) is 4.79 Å². The van der Waals surface area contributed by atoms with Gasteiger partial charge in [-0.3, -0.25) is 0 Å². The molecule has 0 aliphatic carbocycles. The van der Waals surface area contributed by atoms with Crippen molar-refractivity contribution in [3.8, 4) is 0 Å². The summed E-state index contributed by atoms with van der Waals surface area (Å²) in [6.07, 6.45) is 2.88. The molecule has 0 amide bonds. The Morgan fingerprint density at radius 1 is 1.53 bits per heavy atom. The number of hydrogen-bond donors (Lipinski definition) is 0. The lowest BCUT2D eigenvalue weighted by Gasteiger charge is -1.96. The maximum atomic E-state index is 11.2. The quantitative estimate of drug-likeness (QED) is 0.596. The third kappa shape index (κ3) is 2.50. The van der Waals surface area contributed by atoms with E-state index in [0.717, 1.165) is 16.6 Å². The van der Waals surface area contributed by atoms with Crippen LogP contribution in [0, 0.1) is 6.92 Å². The van der Waals surface area contributed by atoms with E-state index in [4.69, 9.17) is 4.74 Å². The molecule has 0 N–H and O–H groups in total. The highest BCUT2D eigenvalue weighted by molar-refractivity contribution is 5.86. The zero-order valence-corrected chi connectivity index (χ0v) is 9.75. The number of aromatic nitrogens is 3. The Morgan fingerprint density at radius 2 is 2.35 bits per heavy atom.